The van der Waals surface area contributed by atoms with Crippen LogP contribution in [-0.2, 0) is 19.2 Å². The van der Waals surface area contributed by atoms with Gasteiger partial charge in [0, 0.05) is 25.7 Å². The minimum Gasteiger partial charge on any atom is -0.382 e. The molecule has 0 unspecified atom stereocenters. The van der Waals surface area contributed by atoms with Crippen LogP contribution >= 0.6 is 11.6 Å². The van der Waals surface area contributed by atoms with E-state index in [2.05, 4.69) is 25.4 Å². The molecule has 21 heavy (non-hydrogen) atoms. The van der Waals surface area contributed by atoms with Gasteiger partial charge in [-0.2, -0.15) is 20.5 Å². The van der Waals surface area contributed by atoms with E-state index < -0.39 is 5.60 Å². The average molecular weight is 311 g/mol. The van der Waals surface area contributed by atoms with Crippen molar-refractivity contribution >= 4 is 11.6 Å². The van der Waals surface area contributed by atoms with Crippen molar-refractivity contribution in [1.82, 2.24) is 30.1 Å². The Balaban J connectivity index is 1.78. The van der Waals surface area contributed by atoms with Gasteiger partial charge in [0.2, 0.25) is 0 Å². The van der Waals surface area contributed by atoms with Crippen LogP contribution < -0.4 is 0 Å². The number of aromatic nitrogens is 5. The van der Waals surface area contributed by atoms with Gasteiger partial charge >= 0.3 is 0 Å². The lowest BCUT2D eigenvalue weighted by Gasteiger charge is -2.37. The number of hydrogen-bond acceptors (Lipinski definition) is 5. The number of nitrogens with zero attached hydrogens (tertiary/aromatic N) is 5. The second-order valence-electron chi connectivity index (χ2n) is 5.68. The van der Waals surface area contributed by atoms with Crippen LogP contribution in [0.4, 0.5) is 0 Å². The third kappa shape index (κ3) is 2.68. The van der Waals surface area contributed by atoms with Crippen molar-refractivity contribution in [3.63, 3.8) is 0 Å². The molecule has 114 valence electrons. The maximum absolute atomic E-state index is 10.8. The summed E-state index contributed by atoms with van der Waals surface area (Å²) in [6, 6.07) is 0. The quantitative estimate of drug-likeness (QED) is 0.883. The highest BCUT2D eigenvalue weighted by molar-refractivity contribution is 6.30. The molecule has 0 radical (unpaired) electrons. The zero-order valence-electron chi connectivity index (χ0n) is 12.2. The summed E-state index contributed by atoms with van der Waals surface area (Å²) in [4.78, 5) is 2.19. The van der Waals surface area contributed by atoms with E-state index >= 15 is 0 Å². The lowest BCUT2D eigenvalue weighted by molar-refractivity contribution is -0.0414. The Morgan fingerprint density at radius 1 is 1.52 bits per heavy atom. The molecule has 2 aromatic rings. The predicted octanol–water partition coefficient (Wildman–Crippen LogP) is 0.984. The molecule has 0 aromatic carbocycles. The average Bonchev–Trinajstić information content (AvgIpc) is 3.05. The summed E-state index contributed by atoms with van der Waals surface area (Å²) in [5, 5.41) is 26.2. The van der Waals surface area contributed by atoms with Crippen molar-refractivity contribution in [3.05, 3.63) is 28.3 Å². The number of β-amino-alcohol motifs (C(OH)–C–C–N with tert-alkyl or cyclic N) is 1. The second-order valence-corrected chi connectivity index (χ2v) is 6.04. The van der Waals surface area contributed by atoms with Gasteiger partial charge in [0.05, 0.1) is 11.9 Å². The molecule has 3 rings (SSSR count). The Morgan fingerprint density at radius 2 is 2.33 bits per heavy atom. The maximum atomic E-state index is 10.8. The highest BCUT2D eigenvalue weighted by Gasteiger charge is 2.37. The van der Waals surface area contributed by atoms with Gasteiger partial charge in [0.25, 0.3) is 0 Å². The van der Waals surface area contributed by atoms with Crippen molar-refractivity contribution in [3.8, 4) is 0 Å². The van der Waals surface area contributed by atoms with Crippen molar-refractivity contribution < 1.29 is 5.11 Å². The van der Waals surface area contributed by atoms with Gasteiger partial charge in [-0.05, 0) is 26.3 Å². The van der Waals surface area contributed by atoms with Crippen LogP contribution in [0, 0.1) is 6.92 Å². The Morgan fingerprint density at radius 3 is 2.95 bits per heavy atom. The molecule has 2 aromatic heterocycles. The largest absolute Gasteiger partial charge is 0.382 e. The molecule has 1 aliphatic rings. The Hall–Kier alpha value is -1.44. The van der Waals surface area contributed by atoms with Crippen molar-refractivity contribution in [2.24, 2.45) is 7.05 Å². The summed E-state index contributed by atoms with van der Waals surface area (Å²) >= 11 is 6.29. The predicted molar refractivity (Wildman–Crippen MR) is 77.7 cm³/mol. The number of aryl methyl sites for hydroxylation is 2. The first-order chi connectivity index (χ1) is 9.99. The first-order valence-corrected chi connectivity index (χ1v) is 7.36. The molecular weight excluding hydrogens is 292 g/mol. The summed E-state index contributed by atoms with van der Waals surface area (Å²) in [6.45, 7) is 4.07. The van der Waals surface area contributed by atoms with Crippen molar-refractivity contribution in [2.45, 2.75) is 31.9 Å². The molecule has 7 nitrogen and oxygen atoms in total. The normalized spacial score (nSPS) is 23.6. The monoisotopic (exact) mass is 310 g/mol. The number of piperidine rings is 1. The number of likely N-dealkylation sites (tertiary alicyclic amines) is 1. The molecule has 3 heterocycles. The van der Waals surface area contributed by atoms with E-state index in [0.717, 1.165) is 24.2 Å². The minimum atomic E-state index is -0.951. The third-order valence-corrected chi connectivity index (χ3v) is 4.57. The summed E-state index contributed by atoms with van der Waals surface area (Å²) in [5.41, 5.74) is 1.59. The van der Waals surface area contributed by atoms with Crippen LogP contribution in [0.15, 0.2) is 6.20 Å². The highest BCUT2D eigenvalue weighted by Crippen LogP contribution is 2.31. The molecule has 1 fully saturated rings. The zero-order chi connectivity index (χ0) is 15.0. The standard InChI is InChI=1S/C13H19ClN6O/c1-9-10(12(14)19(2)17-9)7-20-5-3-4-13(21,8-20)11-6-15-18-16-11/h6,21H,3-5,7-8H2,1-2H3,(H,15,16,18)/t13-/m1/s1. The van der Waals surface area contributed by atoms with Crippen molar-refractivity contribution in [1.29, 1.82) is 0 Å². The first kappa shape index (κ1) is 14.5. The zero-order valence-corrected chi connectivity index (χ0v) is 12.9. The fourth-order valence-electron chi connectivity index (χ4n) is 2.97. The molecule has 1 atom stereocenters. The molecule has 1 saturated heterocycles. The van der Waals surface area contributed by atoms with E-state index in [9.17, 15) is 5.11 Å². The molecule has 1 aliphatic heterocycles. The SMILES string of the molecule is Cc1nn(C)c(Cl)c1CN1CCC[C@](O)(c2cn[nH]n2)C1. The van der Waals surface area contributed by atoms with Crippen LogP contribution in [0.2, 0.25) is 5.15 Å². The van der Waals surface area contributed by atoms with Gasteiger partial charge in [-0.1, -0.05) is 11.6 Å². The van der Waals surface area contributed by atoms with Crippen LogP contribution in [0.25, 0.3) is 0 Å². The van der Waals surface area contributed by atoms with Crippen LogP contribution in [0.3, 0.4) is 0 Å². The Kier molecular flexibility index (Phi) is 3.73. The summed E-state index contributed by atoms with van der Waals surface area (Å²) in [5.74, 6) is 0. The topological polar surface area (TPSA) is 82.9 Å². The highest BCUT2D eigenvalue weighted by atomic mass is 35.5. The molecule has 0 spiro atoms. The minimum absolute atomic E-state index is 0.518. The molecule has 0 bridgehead atoms. The Bertz CT molecular complexity index is 625. The summed E-state index contributed by atoms with van der Waals surface area (Å²) in [6.07, 6.45) is 3.18. The van der Waals surface area contributed by atoms with E-state index in [0.29, 0.717) is 30.4 Å². The van der Waals surface area contributed by atoms with E-state index in [1.54, 1.807) is 10.9 Å². The fourth-order valence-corrected chi connectivity index (χ4v) is 3.20. The van der Waals surface area contributed by atoms with Gasteiger partial charge < -0.3 is 5.11 Å². The van der Waals surface area contributed by atoms with Gasteiger partial charge in [0.15, 0.2) is 0 Å². The van der Waals surface area contributed by atoms with Gasteiger partial charge in [-0.15, -0.1) is 0 Å². The summed E-state index contributed by atoms with van der Waals surface area (Å²) in [7, 11) is 1.83. The number of H-pyrrole nitrogens is 1. The lowest BCUT2D eigenvalue weighted by Crippen LogP contribution is -2.46. The first-order valence-electron chi connectivity index (χ1n) is 6.98. The molecule has 0 saturated carbocycles. The van der Waals surface area contributed by atoms with Crippen molar-refractivity contribution in [2.75, 3.05) is 13.1 Å². The van der Waals surface area contributed by atoms with Gasteiger partial charge in [-0.25, -0.2) is 0 Å². The maximum Gasteiger partial charge on any atom is 0.131 e. The van der Waals surface area contributed by atoms with E-state index in [-0.39, 0.29) is 0 Å². The van der Waals surface area contributed by atoms with E-state index in [1.165, 1.54) is 0 Å². The van der Waals surface area contributed by atoms with Gasteiger partial charge in [-0.3, -0.25) is 9.58 Å². The molecule has 0 aliphatic carbocycles. The number of aliphatic hydroxyl groups is 1. The van der Waals surface area contributed by atoms with Crippen LogP contribution in [0.1, 0.15) is 29.8 Å². The smallest absolute Gasteiger partial charge is 0.131 e. The number of aromatic amines is 1. The lowest BCUT2D eigenvalue weighted by atomic mass is 9.90. The number of nitrogens with one attached hydrogen (secondary N) is 1. The number of halogens is 1. The molecule has 0 amide bonds. The third-order valence-electron chi connectivity index (χ3n) is 4.09. The second kappa shape index (κ2) is 5.40. The van der Waals surface area contributed by atoms with Crippen LogP contribution in [-0.4, -0.2) is 48.3 Å². The van der Waals surface area contributed by atoms with E-state index in [1.807, 2.05) is 14.0 Å². The molecule has 8 heteroatoms. The van der Waals surface area contributed by atoms with Gasteiger partial charge in [0.1, 0.15) is 16.4 Å². The fraction of sp³-hybridized carbons (Fsp3) is 0.615. The Labute approximate surface area is 127 Å². The number of rotatable bonds is 3. The molecular formula is C13H19ClN6O. The number of hydrogen-bond donors (Lipinski definition) is 2. The molecule has 2 N–H and O–H groups in total. The van der Waals surface area contributed by atoms with Crippen LogP contribution in [0.5, 0.6) is 0 Å². The summed E-state index contributed by atoms with van der Waals surface area (Å²) < 4.78 is 1.68. The van der Waals surface area contributed by atoms with E-state index in [4.69, 9.17) is 11.6 Å².